The summed E-state index contributed by atoms with van der Waals surface area (Å²) >= 11 is 2.44. The van der Waals surface area contributed by atoms with Gasteiger partial charge >= 0.3 is 0 Å². The summed E-state index contributed by atoms with van der Waals surface area (Å²) in [6, 6.07) is 1.58. The molecule has 1 saturated heterocycles. The van der Waals surface area contributed by atoms with E-state index >= 15 is 0 Å². The molecule has 1 fully saturated rings. The fraction of sp³-hybridized carbons (Fsp3) is 1.00. The molecule has 0 radical (unpaired) electrons. The summed E-state index contributed by atoms with van der Waals surface area (Å²) in [7, 11) is 0. The number of nitrogens with one attached hydrogen (secondary N) is 1. The number of rotatable bonds is 1. The first-order valence-corrected chi connectivity index (χ1v) is 4.67. The average Bonchev–Trinajstić information content (AvgIpc) is 2.14. The molecule has 1 heterocycles. The van der Waals surface area contributed by atoms with Gasteiger partial charge in [-0.3, -0.25) is 0 Å². The second kappa shape index (κ2) is 3.01. The Balaban J connectivity index is 2.22. The maximum Gasteiger partial charge on any atom is 0.0160 e. The van der Waals surface area contributed by atoms with Crippen LogP contribution in [0.15, 0.2) is 0 Å². The molecule has 0 saturated carbocycles. The maximum atomic E-state index is 3.50. The molecule has 0 aromatic carbocycles. The maximum absolute atomic E-state index is 3.50. The monoisotopic (exact) mass is 225 g/mol. The fourth-order valence-corrected chi connectivity index (χ4v) is 1.84. The van der Waals surface area contributed by atoms with Gasteiger partial charge in [0.15, 0.2) is 0 Å². The van der Waals surface area contributed by atoms with Crippen LogP contribution in [0.2, 0.25) is 0 Å². The largest absolute Gasteiger partial charge is 0.311 e. The van der Waals surface area contributed by atoms with E-state index in [2.05, 4.69) is 34.8 Å². The van der Waals surface area contributed by atoms with E-state index < -0.39 is 0 Å². The van der Waals surface area contributed by atoms with Gasteiger partial charge in [0.25, 0.3) is 0 Å². The van der Waals surface area contributed by atoms with E-state index in [0.717, 1.165) is 12.1 Å². The smallest absolute Gasteiger partial charge is 0.0160 e. The Morgan fingerprint density at radius 3 is 2.62 bits per heavy atom. The minimum Gasteiger partial charge on any atom is -0.311 e. The van der Waals surface area contributed by atoms with Crippen LogP contribution in [0.3, 0.4) is 0 Å². The summed E-state index contributed by atoms with van der Waals surface area (Å²) in [5, 5.41) is 3.50. The van der Waals surface area contributed by atoms with E-state index in [1.165, 1.54) is 17.3 Å². The summed E-state index contributed by atoms with van der Waals surface area (Å²) in [6.45, 7) is 2.26. The van der Waals surface area contributed by atoms with Gasteiger partial charge in [0, 0.05) is 16.5 Å². The van der Waals surface area contributed by atoms with Gasteiger partial charge in [-0.1, -0.05) is 22.6 Å². The van der Waals surface area contributed by atoms with Gasteiger partial charge < -0.3 is 5.32 Å². The molecular weight excluding hydrogens is 213 g/mol. The number of hydrogen-bond acceptors (Lipinski definition) is 1. The van der Waals surface area contributed by atoms with Gasteiger partial charge in [-0.25, -0.2) is 0 Å². The van der Waals surface area contributed by atoms with Crippen LogP contribution >= 0.6 is 22.6 Å². The summed E-state index contributed by atoms with van der Waals surface area (Å²) in [5.41, 5.74) is 0. The summed E-state index contributed by atoms with van der Waals surface area (Å²) in [4.78, 5) is 0. The van der Waals surface area contributed by atoms with Crippen LogP contribution in [0.5, 0.6) is 0 Å². The lowest BCUT2D eigenvalue weighted by Crippen LogP contribution is -2.27. The van der Waals surface area contributed by atoms with Crippen molar-refractivity contribution < 1.29 is 0 Å². The molecule has 1 aliphatic heterocycles. The van der Waals surface area contributed by atoms with Crippen LogP contribution in [0.4, 0.5) is 0 Å². The van der Waals surface area contributed by atoms with Crippen molar-refractivity contribution in [1.82, 2.24) is 5.32 Å². The van der Waals surface area contributed by atoms with Gasteiger partial charge in [-0.2, -0.15) is 0 Å². The van der Waals surface area contributed by atoms with E-state index in [1.807, 2.05) is 0 Å². The first-order chi connectivity index (χ1) is 3.83. The van der Waals surface area contributed by atoms with Gasteiger partial charge in [0.1, 0.15) is 0 Å². The van der Waals surface area contributed by atoms with Crippen molar-refractivity contribution >= 4 is 22.6 Å². The van der Waals surface area contributed by atoms with Crippen molar-refractivity contribution in [1.29, 1.82) is 0 Å². The molecule has 2 atom stereocenters. The van der Waals surface area contributed by atoms with Crippen molar-refractivity contribution in [2.24, 2.45) is 0 Å². The van der Waals surface area contributed by atoms with Gasteiger partial charge in [-0.05, 0) is 19.8 Å². The van der Waals surface area contributed by atoms with Crippen molar-refractivity contribution in [3.63, 3.8) is 0 Å². The highest BCUT2D eigenvalue weighted by Gasteiger charge is 2.17. The van der Waals surface area contributed by atoms with E-state index in [4.69, 9.17) is 0 Å². The molecule has 8 heavy (non-hydrogen) atoms. The van der Waals surface area contributed by atoms with Crippen molar-refractivity contribution in [3.05, 3.63) is 0 Å². The Hall–Kier alpha value is 0.690. The highest BCUT2D eigenvalue weighted by atomic mass is 127. The molecule has 0 aromatic heterocycles. The number of alkyl halides is 1. The highest BCUT2D eigenvalue weighted by molar-refractivity contribution is 14.1. The zero-order chi connectivity index (χ0) is 5.98. The standard InChI is InChI=1S/C6H12IN/c1-5-2-3-6(4-7)8-5/h5-6,8H,2-4H2,1H3/t5-,6+/m0/s1. The molecular formula is C6H12IN. The molecule has 1 N–H and O–H groups in total. The molecule has 0 aromatic rings. The van der Waals surface area contributed by atoms with Crippen LogP contribution in [0.1, 0.15) is 19.8 Å². The average molecular weight is 225 g/mol. The van der Waals surface area contributed by atoms with E-state index in [9.17, 15) is 0 Å². The molecule has 0 amide bonds. The highest BCUT2D eigenvalue weighted by Crippen LogP contribution is 2.12. The number of hydrogen-bond donors (Lipinski definition) is 1. The SMILES string of the molecule is C[C@H]1CC[C@H](CI)N1. The summed E-state index contributed by atoms with van der Waals surface area (Å²) in [6.07, 6.45) is 2.75. The summed E-state index contributed by atoms with van der Waals surface area (Å²) < 4.78 is 1.27. The second-order valence-electron chi connectivity index (χ2n) is 2.50. The van der Waals surface area contributed by atoms with E-state index in [-0.39, 0.29) is 0 Å². The third-order valence-corrected chi connectivity index (χ3v) is 2.72. The van der Waals surface area contributed by atoms with Crippen LogP contribution < -0.4 is 5.32 Å². The quantitative estimate of drug-likeness (QED) is 0.527. The summed E-state index contributed by atoms with van der Waals surface area (Å²) in [5.74, 6) is 0. The Kier molecular flexibility index (Phi) is 2.56. The van der Waals surface area contributed by atoms with Crippen LogP contribution in [0, 0.1) is 0 Å². The topological polar surface area (TPSA) is 12.0 Å². The Morgan fingerprint density at radius 2 is 2.38 bits per heavy atom. The Bertz CT molecular complexity index is 74.9. The lowest BCUT2D eigenvalue weighted by molar-refractivity contribution is 0.606. The zero-order valence-electron chi connectivity index (χ0n) is 5.15. The first-order valence-electron chi connectivity index (χ1n) is 3.15. The minimum absolute atomic E-state index is 0.773. The Morgan fingerprint density at radius 1 is 1.62 bits per heavy atom. The molecule has 2 heteroatoms. The van der Waals surface area contributed by atoms with Crippen LogP contribution in [-0.4, -0.2) is 16.5 Å². The van der Waals surface area contributed by atoms with E-state index in [0.29, 0.717) is 0 Å². The molecule has 0 aliphatic carbocycles. The molecule has 48 valence electrons. The van der Waals surface area contributed by atoms with Crippen LogP contribution in [0.25, 0.3) is 0 Å². The van der Waals surface area contributed by atoms with Crippen molar-refractivity contribution in [2.45, 2.75) is 31.8 Å². The second-order valence-corrected chi connectivity index (χ2v) is 3.38. The van der Waals surface area contributed by atoms with Gasteiger partial charge in [0.2, 0.25) is 0 Å². The molecule has 1 nitrogen and oxygen atoms in total. The zero-order valence-corrected chi connectivity index (χ0v) is 7.31. The molecule has 1 rings (SSSR count). The first kappa shape index (κ1) is 6.81. The fourth-order valence-electron chi connectivity index (χ4n) is 1.14. The molecule has 0 bridgehead atoms. The third-order valence-electron chi connectivity index (χ3n) is 1.65. The molecule has 0 spiro atoms. The van der Waals surface area contributed by atoms with Gasteiger partial charge in [0.05, 0.1) is 0 Å². The predicted octanol–water partition coefficient (Wildman–Crippen LogP) is 1.56. The normalized spacial score (nSPS) is 38.2. The lowest BCUT2D eigenvalue weighted by Gasteiger charge is -2.05. The molecule has 0 unspecified atom stereocenters. The predicted molar refractivity (Wildman–Crippen MR) is 44.5 cm³/mol. The minimum atomic E-state index is 0.773. The third kappa shape index (κ3) is 1.58. The molecule has 1 aliphatic rings. The van der Waals surface area contributed by atoms with Crippen molar-refractivity contribution in [3.8, 4) is 0 Å². The lowest BCUT2D eigenvalue weighted by atomic mass is 10.2. The van der Waals surface area contributed by atoms with Gasteiger partial charge in [-0.15, -0.1) is 0 Å². The van der Waals surface area contributed by atoms with E-state index in [1.54, 1.807) is 0 Å². The van der Waals surface area contributed by atoms with Crippen molar-refractivity contribution in [2.75, 3.05) is 4.43 Å². The van der Waals surface area contributed by atoms with Crippen LogP contribution in [-0.2, 0) is 0 Å². The Labute approximate surface area is 64.4 Å². The number of halogens is 1.